The van der Waals surface area contributed by atoms with Crippen LogP contribution in [-0.2, 0) is 0 Å². The van der Waals surface area contributed by atoms with E-state index in [0.29, 0.717) is 0 Å². The standard InChI is InChI=1S/C17H33N/c1-3-14-8-6-11-17(18,12-10-14)16-9-5-7-15(4-2)13-16/h14-16H,3-13,18H2,1-2H3. The number of nitrogens with two attached hydrogens (primary N) is 1. The minimum atomic E-state index is 0.192. The molecule has 0 aromatic heterocycles. The molecule has 4 unspecified atom stereocenters. The Kier molecular flexibility index (Phi) is 5.12. The van der Waals surface area contributed by atoms with Gasteiger partial charge < -0.3 is 5.73 Å². The molecule has 1 heteroatoms. The number of hydrogen-bond acceptors (Lipinski definition) is 1. The van der Waals surface area contributed by atoms with E-state index in [4.69, 9.17) is 5.73 Å². The summed E-state index contributed by atoms with van der Waals surface area (Å²) in [6, 6.07) is 0. The van der Waals surface area contributed by atoms with Crippen LogP contribution in [0.2, 0.25) is 0 Å². The minimum absolute atomic E-state index is 0.192. The molecule has 2 rings (SSSR count). The third kappa shape index (κ3) is 3.29. The fourth-order valence-corrected chi connectivity index (χ4v) is 4.46. The molecule has 2 N–H and O–H groups in total. The van der Waals surface area contributed by atoms with E-state index in [9.17, 15) is 0 Å². The average molecular weight is 251 g/mol. The van der Waals surface area contributed by atoms with Crippen molar-refractivity contribution in [3.05, 3.63) is 0 Å². The largest absolute Gasteiger partial charge is 0.325 e. The van der Waals surface area contributed by atoms with Crippen molar-refractivity contribution in [2.75, 3.05) is 0 Å². The van der Waals surface area contributed by atoms with Crippen LogP contribution in [0.15, 0.2) is 0 Å². The van der Waals surface area contributed by atoms with Crippen LogP contribution in [-0.4, -0.2) is 5.54 Å². The van der Waals surface area contributed by atoms with Crippen LogP contribution in [0.25, 0.3) is 0 Å². The van der Waals surface area contributed by atoms with E-state index in [2.05, 4.69) is 13.8 Å². The molecule has 0 bridgehead atoms. The summed E-state index contributed by atoms with van der Waals surface area (Å²) in [5.74, 6) is 2.75. The van der Waals surface area contributed by atoms with Crippen molar-refractivity contribution >= 4 is 0 Å². The van der Waals surface area contributed by atoms with E-state index < -0.39 is 0 Å². The van der Waals surface area contributed by atoms with Gasteiger partial charge in [0.25, 0.3) is 0 Å². The molecule has 0 spiro atoms. The van der Waals surface area contributed by atoms with Crippen LogP contribution in [0.1, 0.15) is 84.5 Å². The molecule has 2 aliphatic rings. The first-order chi connectivity index (χ1) is 8.68. The van der Waals surface area contributed by atoms with Gasteiger partial charge >= 0.3 is 0 Å². The van der Waals surface area contributed by atoms with Gasteiger partial charge in [-0.1, -0.05) is 52.4 Å². The van der Waals surface area contributed by atoms with Gasteiger partial charge in [-0.25, -0.2) is 0 Å². The lowest BCUT2D eigenvalue weighted by atomic mass is 9.68. The van der Waals surface area contributed by atoms with Crippen molar-refractivity contribution in [2.45, 2.75) is 90.0 Å². The lowest BCUT2D eigenvalue weighted by molar-refractivity contribution is 0.145. The molecule has 2 fully saturated rings. The van der Waals surface area contributed by atoms with Gasteiger partial charge in [-0.05, 0) is 49.9 Å². The first-order valence-electron chi connectivity index (χ1n) is 8.46. The van der Waals surface area contributed by atoms with Gasteiger partial charge in [-0.3, -0.25) is 0 Å². The molecule has 1 nitrogen and oxygen atoms in total. The Morgan fingerprint density at radius 2 is 1.61 bits per heavy atom. The normalized spacial score (nSPS) is 42.5. The van der Waals surface area contributed by atoms with E-state index >= 15 is 0 Å². The van der Waals surface area contributed by atoms with Gasteiger partial charge in [0.15, 0.2) is 0 Å². The molecule has 4 atom stereocenters. The highest BCUT2D eigenvalue weighted by molar-refractivity contribution is 4.95. The van der Waals surface area contributed by atoms with Crippen LogP contribution >= 0.6 is 0 Å². The topological polar surface area (TPSA) is 26.0 Å². The Balaban J connectivity index is 1.96. The summed E-state index contributed by atoms with van der Waals surface area (Å²) >= 11 is 0. The zero-order valence-corrected chi connectivity index (χ0v) is 12.6. The maximum absolute atomic E-state index is 6.87. The lowest BCUT2D eigenvalue weighted by Gasteiger charge is -2.42. The highest BCUT2D eigenvalue weighted by Crippen LogP contribution is 2.43. The maximum atomic E-state index is 6.87. The number of hydrogen-bond donors (Lipinski definition) is 1. The predicted octanol–water partition coefficient (Wildman–Crippen LogP) is 4.89. The highest BCUT2D eigenvalue weighted by Gasteiger charge is 2.38. The molecular weight excluding hydrogens is 218 g/mol. The van der Waals surface area contributed by atoms with Crippen LogP contribution < -0.4 is 5.73 Å². The van der Waals surface area contributed by atoms with Crippen molar-refractivity contribution in [3.63, 3.8) is 0 Å². The Morgan fingerprint density at radius 3 is 2.33 bits per heavy atom. The Labute approximate surface area is 114 Å². The molecule has 0 aromatic rings. The van der Waals surface area contributed by atoms with Crippen molar-refractivity contribution in [3.8, 4) is 0 Å². The van der Waals surface area contributed by atoms with Crippen molar-refractivity contribution in [1.82, 2.24) is 0 Å². The van der Waals surface area contributed by atoms with Crippen molar-refractivity contribution < 1.29 is 0 Å². The summed E-state index contributed by atoms with van der Waals surface area (Å²) in [4.78, 5) is 0. The molecule has 2 aliphatic carbocycles. The minimum Gasteiger partial charge on any atom is -0.325 e. The van der Waals surface area contributed by atoms with Gasteiger partial charge in [0.05, 0.1) is 0 Å². The molecule has 0 radical (unpaired) electrons. The summed E-state index contributed by atoms with van der Waals surface area (Å²) in [7, 11) is 0. The molecule has 0 amide bonds. The van der Waals surface area contributed by atoms with Gasteiger partial charge in [0, 0.05) is 5.54 Å². The SMILES string of the molecule is CCC1CCCC(N)(C2CCCC(CC)C2)CC1. The first kappa shape index (κ1) is 14.4. The molecule has 18 heavy (non-hydrogen) atoms. The highest BCUT2D eigenvalue weighted by atomic mass is 14.8. The predicted molar refractivity (Wildman–Crippen MR) is 79.5 cm³/mol. The van der Waals surface area contributed by atoms with E-state index in [1.54, 1.807) is 0 Å². The smallest absolute Gasteiger partial charge is 0.0183 e. The molecule has 0 aliphatic heterocycles. The second-order valence-electron chi connectivity index (χ2n) is 7.08. The molecule has 0 aromatic carbocycles. The second-order valence-corrected chi connectivity index (χ2v) is 7.08. The molecule has 106 valence electrons. The maximum Gasteiger partial charge on any atom is 0.0183 e. The van der Waals surface area contributed by atoms with Crippen molar-refractivity contribution in [2.24, 2.45) is 23.5 Å². The summed E-state index contributed by atoms with van der Waals surface area (Å²) in [5, 5.41) is 0. The Hall–Kier alpha value is -0.0400. The van der Waals surface area contributed by atoms with E-state index in [1.807, 2.05) is 0 Å². The van der Waals surface area contributed by atoms with Gasteiger partial charge in [-0.2, -0.15) is 0 Å². The summed E-state index contributed by atoms with van der Waals surface area (Å²) < 4.78 is 0. The Bertz CT molecular complexity index is 250. The zero-order valence-electron chi connectivity index (χ0n) is 12.6. The second kappa shape index (κ2) is 6.41. The van der Waals surface area contributed by atoms with E-state index in [0.717, 1.165) is 17.8 Å². The van der Waals surface area contributed by atoms with Crippen LogP contribution in [0.4, 0.5) is 0 Å². The molecule has 0 saturated heterocycles. The van der Waals surface area contributed by atoms with E-state index in [-0.39, 0.29) is 5.54 Å². The van der Waals surface area contributed by atoms with Gasteiger partial charge in [0.2, 0.25) is 0 Å². The molecule has 2 saturated carbocycles. The fraction of sp³-hybridized carbons (Fsp3) is 1.00. The third-order valence-corrected chi connectivity index (χ3v) is 6.02. The van der Waals surface area contributed by atoms with Crippen LogP contribution in [0.5, 0.6) is 0 Å². The first-order valence-corrected chi connectivity index (χ1v) is 8.46. The molecular formula is C17H33N. The van der Waals surface area contributed by atoms with Crippen LogP contribution in [0, 0.1) is 17.8 Å². The van der Waals surface area contributed by atoms with Crippen molar-refractivity contribution in [1.29, 1.82) is 0 Å². The summed E-state index contributed by atoms with van der Waals surface area (Å²) in [6.07, 6.45) is 15.2. The summed E-state index contributed by atoms with van der Waals surface area (Å²) in [6.45, 7) is 4.71. The zero-order chi connectivity index (χ0) is 13.0. The quantitative estimate of drug-likeness (QED) is 0.710. The van der Waals surface area contributed by atoms with E-state index in [1.165, 1.54) is 70.6 Å². The van der Waals surface area contributed by atoms with Crippen LogP contribution in [0.3, 0.4) is 0 Å². The lowest BCUT2D eigenvalue weighted by Crippen LogP contribution is -2.48. The fourth-order valence-electron chi connectivity index (χ4n) is 4.46. The monoisotopic (exact) mass is 251 g/mol. The average Bonchev–Trinajstić information content (AvgIpc) is 2.61. The van der Waals surface area contributed by atoms with Gasteiger partial charge in [0.1, 0.15) is 0 Å². The number of rotatable bonds is 3. The third-order valence-electron chi connectivity index (χ3n) is 6.02. The molecule has 0 heterocycles. The Morgan fingerprint density at radius 1 is 0.889 bits per heavy atom. The van der Waals surface area contributed by atoms with Gasteiger partial charge in [-0.15, -0.1) is 0 Å². The summed E-state index contributed by atoms with van der Waals surface area (Å²) in [5.41, 5.74) is 7.06.